The quantitative estimate of drug-likeness (QED) is 0.714. The lowest BCUT2D eigenvalue weighted by Crippen LogP contribution is -2.36. The fourth-order valence-corrected chi connectivity index (χ4v) is 4.22. The first-order valence-electron chi connectivity index (χ1n) is 9.67. The number of nitrogens with zero attached hydrogens (tertiary/aromatic N) is 5. The van der Waals surface area contributed by atoms with Crippen molar-refractivity contribution in [2.75, 3.05) is 38.1 Å². The topological polar surface area (TPSA) is 61.7 Å². The van der Waals surface area contributed by atoms with Gasteiger partial charge in [-0.3, -0.25) is 9.69 Å². The second-order valence-corrected chi connectivity index (χ2v) is 7.98. The Morgan fingerprint density at radius 1 is 1.07 bits per heavy atom. The summed E-state index contributed by atoms with van der Waals surface area (Å²) >= 11 is 0. The van der Waals surface area contributed by atoms with Crippen LogP contribution in [0.2, 0.25) is 0 Å². The molecule has 30 heavy (non-hydrogen) atoms. The van der Waals surface area contributed by atoms with Gasteiger partial charge in [-0.05, 0) is 17.9 Å². The van der Waals surface area contributed by atoms with E-state index in [9.17, 15) is 22.8 Å². The molecule has 1 aromatic heterocycles. The van der Waals surface area contributed by atoms with Gasteiger partial charge >= 0.3 is 6.03 Å². The highest BCUT2D eigenvalue weighted by atomic mass is 19.2. The number of amides is 2. The van der Waals surface area contributed by atoms with E-state index in [0.29, 0.717) is 37.9 Å². The Morgan fingerprint density at radius 2 is 1.70 bits per heavy atom. The van der Waals surface area contributed by atoms with Crippen molar-refractivity contribution in [2.45, 2.75) is 13.5 Å². The molecule has 2 fully saturated rings. The molecule has 0 aliphatic carbocycles. The van der Waals surface area contributed by atoms with E-state index in [0.717, 1.165) is 6.07 Å². The highest BCUT2D eigenvalue weighted by Gasteiger charge is 2.42. The first-order valence-corrected chi connectivity index (χ1v) is 9.67. The third kappa shape index (κ3) is 3.79. The van der Waals surface area contributed by atoms with Crippen molar-refractivity contribution in [1.29, 1.82) is 0 Å². The molecular weight excluding hydrogens is 399 g/mol. The van der Waals surface area contributed by atoms with Gasteiger partial charge in [0.25, 0.3) is 0 Å². The van der Waals surface area contributed by atoms with Crippen molar-refractivity contribution >= 4 is 17.6 Å². The van der Waals surface area contributed by atoms with Crippen LogP contribution in [0.4, 0.5) is 23.7 Å². The average Bonchev–Trinajstić information content (AvgIpc) is 3.39. The number of anilines is 1. The number of carbonyl (C=O) groups is 2. The van der Waals surface area contributed by atoms with E-state index in [4.69, 9.17) is 0 Å². The van der Waals surface area contributed by atoms with Crippen LogP contribution in [-0.2, 0) is 11.3 Å². The van der Waals surface area contributed by atoms with E-state index < -0.39 is 17.5 Å². The van der Waals surface area contributed by atoms with Crippen LogP contribution in [0, 0.1) is 29.3 Å². The number of benzene rings is 1. The maximum absolute atomic E-state index is 13.9. The number of hydrogen-bond acceptors (Lipinski definition) is 4. The normalized spacial score (nSPS) is 21.2. The minimum Gasteiger partial charge on any atom is -0.322 e. The van der Waals surface area contributed by atoms with E-state index in [1.54, 1.807) is 11.9 Å². The molecule has 0 radical (unpaired) electrons. The van der Waals surface area contributed by atoms with Crippen molar-refractivity contribution in [3.05, 3.63) is 47.5 Å². The van der Waals surface area contributed by atoms with Gasteiger partial charge in [0.15, 0.2) is 11.6 Å². The van der Waals surface area contributed by atoms with Gasteiger partial charge in [0.2, 0.25) is 5.91 Å². The van der Waals surface area contributed by atoms with E-state index in [2.05, 4.69) is 5.10 Å². The number of carbonyl (C=O) groups excluding carboxylic acids is 2. The maximum Gasteiger partial charge on any atom is 0.344 e. The molecule has 2 aromatic rings. The van der Waals surface area contributed by atoms with Crippen molar-refractivity contribution in [3.63, 3.8) is 0 Å². The maximum atomic E-state index is 13.9. The van der Waals surface area contributed by atoms with Crippen LogP contribution in [0.25, 0.3) is 0 Å². The molecule has 1 aromatic carbocycles. The first kappa shape index (κ1) is 20.4. The highest BCUT2D eigenvalue weighted by Crippen LogP contribution is 2.32. The van der Waals surface area contributed by atoms with Gasteiger partial charge in [0.1, 0.15) is 5.82 Å². The summed E-state index contributed by atoms with van der Waals surface area (Å²) in [5.41, 5.74) is 0.662. The standard InChI is InChI=1S/C20H22F3N5O2/c1-12(29)25(2)16-5-24-28(11-16)20(30)27-9-14-7-26(8-15(14)10-27)6-13-3-18(22)19(23)4-17(13)21/h3-5,11,14-15H,6-10H2,1-2H3. The molecule has 2 atom stereocenters. The Morgan fingerprint density at radius 3 is 2.33 bits per heavy atom. The van der Waals surface area contributed by atoms with Gasteiger partial charge in [0, 0.05) is 58.3 Å². The molecule has 0 bridgehead atoms. The number of likely N-dealkylation sites (tertiary alicyclic amines) is 2. The fourth-order valence-electron chi connectivity index (χ4n) is 4.22. The molecular formula is C20H22F3N5O2. The van der Waals surface area contributed by atoms with Gasteiger partial charge in [0.05, 0.1) is 18.1 Å². The minimum atomic E-state index is -1.19. The van der Waals surface area contributed by atoms with Crippen LogP contribution in [0.1, 0.15) is 12.5 Å². The third-order valence-electron chi connectivity index (χ3n) is 5.94. The zero-order chi connectivity index (χ0) is 21.6. The second kappa shape index (κ2) is 7.75. The monoisotopic (exact) mass is 421 g/mol. The molecule has 0 saturated carbocycles. The van der Waals surface area contributed by atoms with Crippen LogP contribution < -0.4 is 4.90 Å². The highest BCUT2D eigenvalue weighted by molar-refractivity contribution is 5.91. The molecule has 7 nitrogen and oxygen atoms in total. The number of fused-ring (bicyclic) bond motifs is 1. The average molecular weight is 421 g/mol. The Balaban J connectivity index is 1.36. The summed E-state index contributed by atoms with van der Waals surface area (Å²) in [6.07, 6.45) is 2.99. The number of hydrogen-bond donors (Lipinski definition) is 0. The van der Waals surface area contributed by atoms with Gasteiger partial charge in [-0.2, -0.15) is 9.78 Å². The van der Waals surface area contributed by atoms with Crippen molar-refractivity contribution in [1.82, 2.24) is 19.6 Å². The lowest BCUT2D eigenvalue weighted by Gasteiger charge is -2.21. The second-order valence-electron chi connectivity index (χ2n) is 7.98. The molecule has 2 saturated heterocycles. The summed E-state index contributed by atoms with van der Waals surface area (Å²) in [7, 11) is 1.61. The minimum absolute atomic E-state index is 0.125. The Labute approximate surface area is 171 Å². The Hall–Kier alpha value is -2.88. The molecule has 2 unspecified atom stereocenters. The van der Waals surface area contributed by atoms with E-state index in [-0.39, 0.29) is 35.9 Å². The summed E-state index contributed by atoms with van der Waals surface area (Å²) in [5.74, 6) is -2.73. The van der Waals surface area contributed by atoms with Gasteiger partial charge < -0.3 is 9.80 Å². The van der Waals surface area contributed by atoms with Crippen LogP contribution in [0.3, 0.4) is 0 Å². The number of aromatic nitrogens is 2. The summed E-state index contributed by atoms with van der Waals surface area (Å²) in [4.78, 5) is 29.3. The van der Waals surface area contributed by atoms with E-state index in [1.807, 2.05) is 4.90 Å². The zero-order valence-corrected chi connectivity index (χ0v) is 16.7. The molecule has 4 rings (SSSR count). The van der Waals surface area contributed by atoms with Crippen LogP contribution in [0.15, 0.2) is 24.5 Å². The smallest absolute Gasteiger partial charge is 0.322 e. The molecule has 0 spiro atoms. The van der Waals surface area contributed by atoms with Gasteiger partial charge in [-0.25, -0.2) is 18.0 Å². The molecule has 2 aliphatic rings. The zero-order valence-electron chi connectivity index (χ0n) is 16.7. The predicted molar refractivity (Wildman–Crippen MR) is 102 cm³/mol. The summed E-state index contributed by atoms with van der Waals surface area (Å²) < 4.78 is 41.7. The number of halogens is 3. The summed E-state index contributed by atoms with van der Waals surface area (Å²) in [6, 6.07) is 1.22. The van der Waals surface area contributed by atoms with Gasteiger partial charge in [-0.1, -0.05) is 0 Å². The van der Waals surface area contributed by atoms with Crippen LogP contribution in [-0.4, -0.2) is 64.7 Å². The molecule has 3 heterocycles. The lowest BCUT2D eigenvalue weighted by atomic mass is 10.0. The fraction of sp³-hybridized carbons (Fsp3) is 0.450. The first-order chi connectivity index (χ1) is 14.2. The van der Waals surface area contributed by atoms with Crippen LogP contribution >= 0.6 is 0 Å². The van der Waals surface area contributed by atoms with Crippen molar-refractivity contribution < 1.29 is 22.8 Å². The Kier molecular flexibility index (Phi) is 5.27. The molecule has 160 valence electrons. The lowest BCUT2D eigenvalue weighted by molar-refractivity contribution is -0.116. The number of rotatable bonds is 3. The van der Waals surface area contributed by atoms with Gasteiger partial charge in [-0.15, -0.1) is 0 Å². The van der Waals surface area contributed by atoms with E-state index in [1.165, 1.54) is 28.9 Å². The largest absolute Gasteiger partial charge is 0.344 e. The molecule has 0 N–H and O–H groups in total. The predicted octanol–water partition coefficient (Wildman–Crippen LogP) is 2.32. The van der Waals surface area contributed by atoms with Crippen molar-refractivity contribution in [2.24, 2.45) is 11.8 Å². The van der Waals surface area contributed by atoms with Crippen molar-refractivity contribution in [3.8, 4) is 0 Å². The SMILES string of the molecule is CC(=O)N(C)c1cnn(C(=O)N2CC3CN(Cc4cc(F)c(F)cc4F)CC3C2)c1. The molecule has 2 aliphatic heterocycles. The third-order valence-corrected chi connectivity index (χ3v) is 5.94. The molecule has 10 heteroatoms. The molecule has 2 amide bonds. The van der Waals surface area contributed by atoms with E-state index >= 15 is 0 Å². The summed E-state index contributed by atoms with van der Waals surface area (Å²) in [6.45, 7) is 3.99. The Bertz CT molecular complexity index is 981. The van der Waals surface area contributed by atoms with Crippen LogP contribution in [0.5, 0.6) is 0 Å². The summed E-state index contributed by atoms with van der Waals surface area (Å²) in [5, 5.41) is 4.07.